The quantitative estimate of drug-likeness (QED) is 0.360. The van der Waals surface area contributed by atoms with Crippen LogP contribution in [0.4, 0.5) is 27.8 Å². The Morgan fingerprint density at radius 1 is 1.07 bits per heavy atom. The molecule has 42 heavy (non-hydrogen) atoms. The van der Waals surface area contributed by atoms with Gasteiger partial charge in [-0.15, -0.1) is 0 Å². The molecular formula is C28H31ClF5N7O. The predicted octanol–water partition coefficient (Wildman–Crippen LogP) is 5.07. The van der Waals surface area contributed by atoms with Gasteiger partial charge in [0.2, 0.25) is 5.82 Å². The van der Waals surface area contributed by atoms with Gasteiger partial charge in [-0.3, -0.25) is 9.69 Å². The van der Waals surface area contributed by atoms with Gasteiger partial charge in [0.25, 0.3) is 11.8 Å². The average Bonchev–Trinajstić information content (AvgIpc) is 2.97. The number of pyridine rings is 1. The normalized spacial score (nSPS) is 19.2. The topological polar surface area (TPSA) is 100 Å². The number of carbonyl (C=O) groups is 1. The molecule has 0 aliphatic carbocycles. The number of fused-ring (bicyclic) bond motifs is 1. The van der Waals surface area contributed by atoms with E-state index >= 15 is 0 Å². The van der Waals surface area contributed by atoms with Crippen LogP contribution in [0.3, 0.4) is 0 Å². The van der Waals surface area contributed by atoms with Gasteiger partial charge in [-0.1, -0.05) is 11.6 Å². The Labute approximate surface area is 244 Å². The number of hydrogen-bond donors (Lipinski definition) is 2. The van der Waals surface area contributed by atoms with Crippen molar-refractivity contribution < 1.29 is 26.7 Å². The van der Waals surface area contributed by atoms with Crippen LogP contribution in [-0.2, 0) is 6.18 Å². The number of amides is 1. The number of halogens is 6. The molecule has 1 amide bonds. The molecular weight excluding hydrogens is 581 g/mol. The molecule has 3 N–H and O–H groups in total. The van der Waals surface area contributed by atoms with Gasteiger partial charge in [-0.2, -0.15) is 13.2 Å². The minimum atomic E-state index is -4.73. The first-order chi connectivity index (χ1) is 19.9. The number of alkyl halides is 5. The van der Waals surface area contributed by atoms with Crippen LogP contribution in [-0.4, -0.2) is 71.0 Å². The highest BCUT2D eigenvalue weighted by atomic mass is 35.5. The lowest BCUT2D eigenvalue weighted by atomic mass is 9.97. The Balaban J connectivity index is 1.36. The Hall–Kier alpha value is -3.16. The van der Waals surface area contributed by atoms with Gasteiger partial charge in [0.1, 0.15) is 5.82 Å². The fraction of sp³-hybridized carbons (Fsp3) is 0.500. The van der Waals surface area contributed by atoms with Crippen molar-refractivity contribution in [1.29, 1.82) is 0 Å². The smallest absolute Gasteiger partial charge is 0.357 e. The van der Waals surface area contributed by atoms with E-state index in [2.05, 4.69) is 20.2 Å². The van der Waals surface area contributed by atoms with E-state index in [-0.39, 0.29) is 35.8 Å². The second-order valence-electron chi connectivity index (χ2n) is 10.8. The Morgan fingerprint density at radius 2 is 1.74 bits per heavy atom. The summed E-state index contributed by atoms with van der Waals surface area (Å²) in [5, 5.41) is 3.54. The van der Waals surface area contributed by atoms with Crippen LogP contribution in [0, 0.1) is 5.92 Å². The van der Waals surface area contributed by atoms with Crippen LogP contribution < -0.4 is 16.0 Å². The molecule has 2 fully saturated rings. The van der Waals surface area contributed by atoms with Crippen molar-refractivity contribution in [2.75, 3.05) is 44.2 Å². The highest BCUT2D eigenvalue weighted by Crippen LogP contribution is 2.34. The lowest BCUT2D eigenvalue weighted by molar-refractivity contribution is -0.145. The Kier molecular flexibility index (Phi) is 8.81. The van der Waals surface area contributed by atoms with Crippen molar-refractivity contribution in [1.82, 2.24) is 25.2 Å². The number of likely N-dealkylation sites (tertiary alicyclic amines) is 1. The first-order valence-corrected chi connectivity index (χ1v) is 14.2. The minimum absolute atomic E-state index is 0.0151. The van der Waals surface area contributed by atoms with Gasteiger partial charge >= 0.3 is 6.18 Å². The van der Waals surface area contributed by atoms with Gasteiger partial charge in [0, 0.05) is 68.9 Å². The maximum Gasteiger partial charge on any atom is 0.451 e. The van der Waals surface area contributed by atoms with E-state index in [0.717, 1.165) is 44.1 Å². The molecule has 226 valence electrons. The molecule has 3 aromatic rings. The van der Waals surface area contributed by atoms with Crippen LogP contribution in [0.25, 0.3) is 10.9 Å². The molecule has 2 aliphatic rings. The molecule has 14 heteroatoms. The number of nitrogens with two attached hydrogens (primary N) is 1. The first kappa shape index (κ1) is 30.3. The molecule has 0 saturated carbocycles. The zero-order valence-electron chi connectivity index (χ0n) is 22.7. The fourth-order valence-electron chi connectivity index (χ4n) is 5.53. The number of anilines is 1. The van der Waals surface area contributed by atoms with Crippen molar-refractivity contribution in [2.24, 2.45) is 11.7 Å². The number of aromatic nitrogens is 3. The molecule has 0 spiro atoms. The lowest BCUT2D eigenvalue weighted by Crippen LogP contribution is -2.45. The molecule has 1 aromatic carbocycles. The number of rotatable bonds is 7. The van der Waals surface area contributed by atoms with Gasteiger partial charge in [0.05, 0.1) is 22.1 Å². The minimum Gasteiger partial charge on any atom is -0.357 e. The van der Waals surface area contributed by atoms with Crippen molar-refractivity contribution in [3.63, 3.8) is 0 Å². The maximum atomic E-state index is 13.9. The van der Waals surface area contributed by atoms with E-state index in [1.807, 2.05) is 6.07 Å². The van der Waals surface area contributed by atoms with Gasteiger partial charge in [0.15, 0.2) is 0 Å². The van der Waals surface area contributed by atoms with Gasteiger partial charge < -0.3 is 16.0 Å². The third-order valence-electron chi connectivity index (χ3n) is 8.04. The van der Waals surface area contributed by atoms with E-state index in [1.54, 1.807) is 23.1 Å². The second kappa shape index (κ2) is 12.2. The summed E-state index contributed by atoms with van der Waals surface area (Å²) in [7, 11) is 0. The van der Waals surface area contributed by atoms with E-state index in [4.69, 9.17) is 22.3 Å². The van der Waals surface area contributed by atoms with Gasteiger partial charge in [-0.05, 0) is 49.6 Å². The number of hydrogen-bond acceptors (Lipinski definition) is 7. The molecule has 2 saturated heterocycles. The number of nitrogens with one attached hydrogen (secondary N) is 1. The highest BCUT2D eigenvalue weighted by molar-refractivity contribution is 6.35. The van der Waals surface area contributed by atoms with E-state index < -0.39 is 42.7 Å². The molecule has 0 bridgehead atoms. The number of carbonyl (C=O) groups excluding carboxylic acids is 1. The summed E-state index contributed by atoms with van der Waals surface area (Å²) in [6.07, 6.45) is -1.56. The summed E-state index contributed by atoms with van der Waals surface area (Å²) in [4.78, 5) is 29.0. The molecule has 5 rings (SSSR count). The Morgan fingerprint density at radius 3 is 2.36 bits per heavy atom. The van der Waals surface area contributed by atoms with E-state index in [9.17, 15) is 26.7 Å². The van der Waals surface area contributed by atoms with Crippen molar-refractivity contribution in [2.45, 2.75) is 43.8 Å². The number of nitrogens with zero attached hydrogens (tertiary/aromatic N) is 5. The van der Waals surface area contributed by atoms with Crippen LogP contribution in [0.2, 0.25) is 5.02 Å². The third kappa shape index (κ3) is 6.73. The molecule has 2 aliphatic heterocycles. The zero-order valence-corrected chi connectivity index (χ0v) is 23.4. The molecule has 2 aromatic heterocycles. The Bertz CT molecular complexity index is 1400. The highest BCUT2D eigenvalue weighted by Gasteiger charge is 2.38. The van der Waals surface area contributed by atoms with E-state index in [1.165, 1.54) is 0 Å². The number of benzene rings is 1. The lowest BCUT2D eigenvalue weighted by Gasteiger charge is -2.37. The predicted molar refractivity (Wildman–Crippen MR) is 149 cm³/mol. The first-order valence-electron chi connectivity index (χ1n) is 13.8. The molecule has 1 unspecified atom stereocenters. The summed E-state index contributed by atoms with van der Waals surface area (Å²) in [5.74, 6) is -3.38. The maximum absolute atomic E-state index is 13.9. The fourth-order valence-corrected chi connectivity index (χ4v) is 5.78. The van der Waals surface area contributed by atoms with Crippen LogP contribution in [0.5, 0.6) is 0 Å². The average molecular weight is 612 g/mol. The summed E-state index contributed by atoms with van der Waals surface area (Å²) < 4.78 is 66.8. The van der Waals surface area contributed by atoms with Crippen molar-refractivity contribution in [3.05, 3.63) is 58.6 Å². The van der Waals surface area contributed by atoms with E-state index in [0.29, 0.717) is 23.4 Å². The SMILES string of the molecule is NCC1CCN(c2ccc3c(C(=O)NCC(c4cnc(C(F)(F)F)nc4)N4CCC(F)(F)CC4)c(Cl)ccc3n2)CC1. The zero-order chi connectivity index (χ0) is 30.1. The third-order valence-corrected chi connectivity index (χ3v) is 8.36. The monoisotopic (exact) mass is 611 g/mol. The molecule has 8 nitrogen and oxygen atoms in total. The summed E-state index contributed by atoms with van der Waals surface area (Å²) >= 11 is 6.46. The molecule has 1 atom stereocenters. The van der Waals surface area contributed by atoms with Crippen molar-refractivity contribution >= 4 is 34.2 Å². The largest absolute Gasteiger partial charge is 0.451 e. The summed E-state index contributed by atoms with van der Waals surface area (Å²) in [6, 6.07) is 6.23. The standard InChI is InChI=1S/C28H31ClF5N7O/c29-20-2-3-21-19(1-4-23(39-21)41-9-5-17(13-35)6-10-41)24(20)25(42)36-16-22(40-11-7-27(30,31)8-12-40)18-14-37-26(38-15-18)28(32,33)34/h1-4,14-15,17,22H,5-13,16,35H2,(H,36,42). The molecule has 4 heterocycles. The van der Waals surface area contributed by atoms with Crippen molar-refractivity contribution in [3.8, 4) is 0 Å². The van der Waals surface area contributed by atoms with Gasteiger partial charge in [-0.25, -0.2) is 23.7 Å². The summed E-state index contributed by atoms with van der Waals surface area (Å²) in [6.45, 7) is 2.20. The number of piperidine rings is 2. The van der Waals surface area contributed by atoms with Crippen LogP contribution in [0.15, 0.2) is 36.7 Å². The van der Waals surface area contributed by atoms with Crippen LogP contribution in [0.1, 0.15) is 53.5 Å². The van der Waals surface area contributed by atoms with Crippen LogP contribution >= 0.6 is 11.6 Å². The summed E-state index contributed by atoms with van der Waals surface area (Å²) in [5.41, 5.74) is 6.85. The second-order valence-corrected chi connectivity index (χ2v) is 11.2. The molecule has 0 radical (unpaired) electrons.